The zero-order valence-electron chi connectivity index (χ0n) is 10.1. The first kappa shape index (κ1) is 12.1. The maximum Gasteiger partial charge on any atom is 0.247 e. The molecule has 1 saturated heterocycles. The van der Waals surface area contributed by atoms with Crippen LogP contribution in [0.3, 0.4) is 0 Å². The van der Waals surface area contributed by atoms with Crippen LogP contribution in [-0.4, -0.2) is 58.0 Å². The van der Waals surface area contributed by atoms with Crippen molar-refractivity contribution in [2.24, 2.45) is 0 Å². The van der Waals surface area contributed by atoms with Gasteiger partial charge in [0.2, 0.25) is 5.91 Å². The van der Waals surface area contributed by atoms with Gasteiger partial charge in [0.05, 0.1) is 12.1 Å². The summed E-state index contributed by atoms with van der Waals surface area (Å²) in [5.74, 6) is -0.0403. The van der Waals surface area contributed by atoms with Crippen molar-refractivity contribution in [3.8, 4) is 0 Å². The lowest BCUT2D eigenvalue weighted by molar-refractivity contribution is -0.136. The molecule has 0 spiro atoms. The van der Waals surface area contributed by atoms with E-state index in [1.807, 2.05) is 0 Å². The first-order valence-corrected chi connectivity index (χ1v) is 5.76. The Morgan fingerprint density at radius 3 is 2.94 bits per heavy atom. The highest BCUT2D eigenvalue weighted by Gasteiger charge is 2.33. The Kier molecular flexibility index (Phi) is 3.44. The molecule has 1 aliphatic heterocycles. The zero-order chi connectivity index (χ0) is 12.4. The van der Waals surface area contributed by atoms with Crippen molar-refractivity contribution < 1.29 is 9.90 Å². The van der Waals surface area contributed by atoms with Crippen LogP contribution in [0, 0.1) is 0 Å². The Morgan fingerprint density at radius 2 is 2.41 bits per heavy atom. The number of nitrogens with one attached hydrogen (secondary N) is 1. The molecule has 1 unspecified atom stereocenters. The molecule has 0 saturated carbocycles. The van der Waals surface area contributed by atoms with E-state index in [-0.39, 0.29) is 18.0 Å². The van der Waals surface area contributed by atoms with Crippen LogP contribution in [0.15, 0.2) is 18.5 Å². The third-order valence-electron chi connectivity index (χ3n) is 3.28. The van der Waals surface area contributed by atoms with Gasteiger partial charge in [-0.1, -0.05) is 0 Å². The molecule has 2 rings (SSSR count). The molecule has 17 heavy (non-hydrogen) atoms. The van der Waals surface area contributed by atoms with Crippen molar-refractivity contribution in [1.82, 2.24) is 20.0 Å². The van der Waals surface area contributed by atoms with Crippen LogP contribution in [-0.2, 0) is 4.79 Å². The Labute approximate surface area is 100 Å². The zero-order valence-corrected chi connectivity index (χ0v) is 10.1. The Bertz CT molecular complexity index is 379. The molecule has 6 heteroatoms. The molecule has 0 radical (unpaired) electrons. The topological polar surface area (TPSA) is 70.4 Å². The molecule has 1 fully saturated rings. The van der Waals surface area contributed by atoms with Crippen LogP contribution in [0.5, 0.6) is 0 Å². The maximum absolute atomic E-state index is 12.2. The summed E-state index contributed by atoms with van der Waals surface area (Å²) >= 11 is 0. The van der Waals surface area contributed by atoms with Crippen LogP contribution in [0.2, 0.25) is 0 Å². The van der Waals surface area contributed by atoms with Crippen molar-refractivity contribution in [1.29, 1.82) is 0 Å². The van der Waals surface area contributed by atoms with E-state index in [2.05, 4.69) is 10.4 Å². The van der Waals surface area contributed by atoms with Crippen LogP contribution in [0.4, 0.5) is 0 Å². The number of nitrogens with zero attached hydrogens (tertiary/aromatic N) is 3. The van der Waals surface area contributed by atoms with E-state index in [4.69, 9.17) is 0 Å². The summed E-state index contributed by atoms with van der Waals surface area (Å²) in [6.07, 6.45) is 2.92. The average molecular weight is 238 g/mol. The largest absolute Gasteiger partial charge is 0.390 e. The molecule has 3 atom stereocenters. The second-order valence-electron chi connectivity index (χ2n) is 4.40. The van der Waals surface area contributed by atoms with Gasteiger partial charge in [-0.3, -0.25) is 9.48 Å². The van der Waals surface area contributed by atoms with Gasteiger partial charge < -0.3 is 15.3 Å². The number of β-amino-alcohol motifs (C(OH)–C–C–N with tert-alkyl or cyclic N) is 1. The number of rotatable bonds is 3. The smallest absolute Gasteiger partial charge is 0.247 e. The lowest BCUT2D eigenvalue weighted by Crippen LogP contribution is -2.46. The highest BCUT2D eigenvalue weighted by molar-refractivity contribution is 5.80. The molecular weight excluding hydrogens is 220 g/mol. The monoisotopic (exact) mass is 238 g/mol. The molecule has 1 amide bonds. The van der Waals surface area contributed by atoms with Crippen LogP contribution in [0.25, 0.3) is 0 Å². The van der Waals surface area contributed by atoms with E-state index in [0.717, 1.165) is 0 Å². The second kappa shape index (κ2) is 4.85. The summed E-state index contributed by atoms with van der Waals surface area (Å²) < 4.78 is 1.62. The summed E-state index contributed by atoms with van der Waals surface area (Å²) in [5, 5.41) is 16.9. The van der Waals surface area contributed by atoms with Crippen LogP contribution < -0.4 is 5.32 Å². The Hall–Kier alpha value is -1.40. The number of aromatic nitrogens is 2. The molecule has 2 heterocycles. The van der Waals surface area contributed by atoms with E-state index in [1.165, 1.54) is 0 Å². The molecule has 0 aliphatic carbocycles. The van der Waals surface area contributed by atoms with E-state index in [1.54, 1.807) is 42.0 Å². The SMILES string of the molecule is CC(C(=O)N(C)[C@@H]1CNC[C@H]1O)n1cccn1. The number of hydrogen-bond donors (Lipinski definition) is 2. The predicted molar refractivity (Wildman–Crippen MR) is 62.4 cm³/mol. The van der Waals surface area contributed by atoms with E-state index >= 15 is 0 Å². The summed E-state index contributed by atoms with van der Waals surface area (Å²) in [6.45, 7) is 2.98. The average Bonchev–Trinajstić information content (AvgIpc) is 2.96. The highest BCUT2D eigenvalue weighted by Crippen LogP contribution is 2.13. The first-order valence-electron chi connectivity index (χ1n) is 5.76. The summed E-state index contributed by atoms with van der Waals surface area (Å²) in [7, 11) is 1.73. The minimum Gasteiger partial charge on any atom is -0.390 e. The molecule has 94 valence electrons. The number of aliphatic hydroxyl groups excluding tert-OH is 1. The van der Waals surface area contributed by atoms with Gasteiger partial charge in [-0.25, -0.2) is 0 Å². The van der Waals surface area contributed by atoms with Gasteiger partial charge in [-0.15, -0.1) is 0 Å². The molecule has 2 N–H and O–H groups in total. The van der Waals surface area contributed by atoms with Crippen molar-refractivity contribution >= 4 is 5.91 Å². The minimum absolute atomic E-state index is 0.0403. The maximum atomic E-state index is 12.2. The van der Waals surface area contributed by atoms with Gasteiger partial charge in [0.15, 0.2) is 0 Å². The van der Waals surface area contributed by atoms with Crippen molar-refractivity contribution in [2.45, 2.75) is 25.1 Å². The standard InChI is InChI=1S/C11H18N4O2/c1-8(15-5-3-4-13-15)11(17)14(2)9-6-12-7-10(9)16/h3-5,8-10,12,16H,6-7H2,1-2H3/t8?,9-,10-/m1/s1. The van der Waals surface area contributed by atoms with Crippen molar-refractivity contribution in [2.75, 3.05) is 20.1 Å². The van der Waals surface area contributed by atoms with Gasteiger partial charge >= 0.3 is 0 Å². The minimum atomic E-state index is -0.492. The third-order valence-corrected chi connectivity index (χ3v) is 3.28. The second-order valence-corrected chi connectivity index (χ2v) is 4.40. The molecular formula is C11H18N4O2. The molecule has 1 aromatic rings. The van der Waals surface area contributed by atoms with Crippen LogP contribution in [0.1, 0.15) is 13.0 Å². The lowest BCUT2D eigenvalue weighted by atomic mass is 10.1. The van der Waals surface area contributed by atoms with Gasteiger partial charge in [0.25, 0.3) is 0 Å². The Balaban J connectivity index is 2.04. The number of carbonyl (C=O) groups excluding carboxylic acids is 1. The molecule has 0 aromatic carbocycles. The fraction of sp³-hybridized carbons (Fsp3) is 0.636. The van der Waals surface area contributed by atoms with Crippen molar-refractivity contribution in [3.63, 3.8) is 0 Å². The highest BCUT2D eigenvalue weighted by atomic mass is 16.3. The number of carbonyl (C=O) groups is 1. The first-order chi connectivity index (χ1) is 8.11. The van der Waals surface area contributed by atoms with E-state index in [9.17, 15) is 9.90 Å². The van der Waals surface area contributed by atoms with Gasteiger partial charge in [0, 0.05) is 32.5 Å². The van der Waals surface area contributed by atoms with Crippen LogP contribution >= 0.6 is 0 Å². The number of amides is 1. The molecule has 1 aromatic heterocycles. The molecule has 0 bridgehead atoms. The fourth-order valence-corrected chi connectivity index (χ4v) is 2.13. The van der Waals surface area contributed by atoms with Gasteiger partial charge in [0.1, 0.15) is 6.04 Å². The predicted octanol–water partition coefficient (Wildman–Crippen LogP) is -0.765. The quantitative estimate of drug-likeness (QED) is 0.726. The number of aliphatic hydroxyl groups is 1. The van der Waals surface area contributed by atoms with Crippen molar-refractivity contribution in [3.05, 3.63) is 18.5 Å². The van der Waals surface area contributed by atoms with Gasteiger partial charge in [-0.05, 0) is 13.0 Å². The normalized spacial score (nSPS) is 25.8. The fourth-order valence-electron chi connectivity index (χ4n) is 2.13. The van der Waals surface area contributed by atoms with E-state index < -0.39 is 6.10 Å². The number of likely N-dealkylation sites (N-methyl/N-ethyl adjacent to an activating group) is 1. The third kappa shape index (κ3) is 2.32. The Morgan fingerprint density at radius 1 is 1.65 bits per heavy atom. The summed E-state index contributed by atoms with van der Waals surface area (Å²) in [4.78, 5) is 13.8. The summed E-state index contributed by atoms with van der Waals surface area (Å²) in [5.41, 5.74) is 0. The number of hydrogen-bond acceptors (Lipinski definition) is 4. The lowest BCUT2D eigenvalue weighted by Gasteiger charge is -2.28. The molecule has 6 nitrogen and oxygen atoms in total. The van der Waals surface area contributed by atoms with E-state index in [0.29, 0.717) is 13.1 Å². The molecule has 1 aliphatic rings. The summed E-state index contributed by atoms with van der Waals surface area (Å²) in [6, 6.07) is 1.29. The van der Waals surface area contributed by atoms with Gasteiger partial charge in [-0.2, -0.15) is 5.10 Å².